The summed E-state index contributed by atoms with van der Waals surface area (Å²) in [6.45, 7) is 2.72. The van der Waals surface area contributed by atoms with Crippen molar-refractivity contribution in [3.8, 4) is 0 Å². The fourth-order valence-electron chi connectivity index (χ4n) is 1.28. The number of hydrogen-bond acceptors (Lipinski definition) is 2. The highest BCUT2D eigenvalue weighted by molar-refractivity contribution is 4.56. The maximum Gasteiger partial charge on any atom is 0.0459 e. The minimum atomic E-state index is 0.282. The number of aliphatic hydroxyl groups is 2. The van der Waals surface area contributed by atoms with Crippen molar-refractivity contribution in [2.45, 2.75) is 39.0 Å². The van der Waals surface area contributed by atoms with E-state index in [1.165, 1.54) is 0 Å². The van der Waals surface area contributed by atoms with Gasteiger partial charge in [-0.1, -0.05) is 19.8 Å². The Hall–Kier alpha value is -0.0800. The van der Waals surface area contributed by atoms with Gasteiger partial charge in [-0.15, -0.1) is 0 Å². The zero-order valence-corrected chi connectivity index (χ0v) is 7.42. The first-order valence-corrected chi connectivity index (χ1v) is 4.56. The Kier molecular flexibility index (Phi) is 7.96. The van der Waals surface area contributed by atoms with Crippen LogP contribution in [0.4, 0.5) is 0 Å². The number of unbranched alkanes of at least 4 members (excludes halogenated alkanes) is 1. The lowest BCUT2D eigenvalue weighted by atomic mass is 9.98. The molecule has 0 aliphatic rings. The highest BCUT2D eigenvalue weighted by Gasteiger charge is 2.04. The molecular weight excluding hydrogens is 140 g/mol. The van der Waals surface area contributed by atoms with Crippen molar-refractivity contribution in [3.05, 3.63) is 0 Å². The first-order valence-electron chi connectivity index (χ1n) is 4.56. The summed E-state index contributed by atoms with van der Waals surface area (Å²) in [4.78, 5) is 0. The Labute approximate surface area is 69.2 Å². The van der Waals surface area contributed by atoms with E-state index in [4.69, 9.17) is 10.2 Å². The minimum Gasteiger partial charge on any atom is -0.396 e. The maximum absolute atomic E-state index is 8.89. The molecule has 0 saturated heterocycles. The molecule has 1 atom stereocenters. The smallest absolute Gasteiger partial charge is 0.0459 e. The van der Waals surface area contributed by atoms with Crippen molar-refractivity contribution in [3.63, 3.8) is 0 Å². The summed E-state index contributed by atoms with van der Waals surface area (Å²) < 4.78 is 0. The van der Waals surface area contributed by atoms with Gasteiger partial charge in [-0.2, -0.15) is 0 Å². The summed E-state index contributed by atoms with van der Waals surface area (Å²) in [6, 6.07) is 0. The number of hydrogen-bond donors (Lipinski definition) is 2. The zero-order valence-electron chi connectivity index (χ0n) is 7.42. The second-order valence-electron chi connectivity index (χ2n) is 3.06. The van der Waals surface area contributed by atoms with Crippen LogP contribution in [-0.2, 0) is 0 Å². The van der Waals surface area contributed by atoms with Crippen LogP contribution in [0.5, 0.6) is 0 Å². The second-order valence-corrected chi connectivity index (χ2v) is 3.06. The monoisotopic (exact) mass is 160 g/mol. The van der Waals surface area contributed by atoms with Crippen molar-refractivity contribution < 1.29 is 10.2 Å². The highest BCUT2D eigenvalue weighted by atomic mass is 16.3. The van der Waals surface area contributed by atoms with Crippen LogP contribution in [0, 0.1) is 5.92 Å². The molecule has 11 heavy (non-hydrogen) atoms. The average molecular weight is 160 g/mol. The van der Waals surface area contributed by atoms with Gasteiger partial charge in [0.25, 0.3) is 0 Å². The summed E-state index contributed by atoms with van der Waals surface area (Å²) in [5.41, 5.74) is 0. The molecule has 0 saturated carbocycles. The van der Waals surface area contributed by atoms with Gasteiger partial charge in [0.15, 0.2) is 0 Å². The molecule has 0 aromatic heterocycles. The fourth-order valence-corrected chi connectivity index (χ4v) is 1.28. The lowest BCUT2D eigenvalue weighted by Crippen LogP contribution is -2.05. The van der Waals surface area contributed by atoms with Crippen molar-refractivity contribution in [2.24, 2.45) is 5.92 Å². The van der Waals surface area contributed by atoms with Gasteiger partial charge in [0.2, 0.25) is 0 Å². The fraction of sp³-hybridized carbons (Fsp3) is 1.00. The SMILES string of the molecule is CCCC(CO)CCCCO. The van der Waals surface area contributed by atoms with Crippen LogP contribution in [0.1, 0.15) is 39.0 Å². The zero-order chi connectivity index (χ0) is 8.53. The molecule has 0 aliphatic carbocycles. The van der Waals surface area contributed by atoms with E-state index in [2.05, 4.69) is 6.92 Å². The lowest BCUT2D eigenvalue weighted by Gasteiger charge is -2.11. The van der Waals surface area contributed by atoms with Crippen LogP contribution < -0.4 is 0 Å². The molecule has 68 valence electrons. The molecule has 1 unspecified atom stereocenters. The Morgan fingerprint density at radius 2 is 1.82 bits per heavy atom. The Bertz CT molecular complexity index is 74.0. The highest BCUT2D eigenvalue weighted by Crippen LogP contribution is 2.13. The van der Waals surface area contributed by atoms with E-state index in [0.29, 0.717) is 12.5 Å². The molecule has 0 fully saturated rings. The van der Waals surface area contributed by atoms with Crippen LogP contribution in [0.2, 0.25) is 0 Å². The van der Waals surface area contributed by atoms with Gasteiger partial charge in [-0.3, -0.25) is 0 Å². The van der Waals surface area contributed by atoms with Crippen LogP contribution in [0.25, 0.3) is 0 Å². The molecule has 0 heterocycles. The first-order chi connectivity index (χ1) is 5.35. The normalized spacial score (nSPS) is 13.4. The molecule has 0 rings (SSSR count). The topological polar surface area (TPSA) is 40.5 Å². The summed E-state index contributed by atoms with van der Waals surface area (Å²) in [6.07, 6.45) is 5.24. The molecule has 0 amide bonds. The summed E-state index contributed by atoms with van der Waals surface area (Å²) in [5.74, 6) is 0.464. The molecule has 2 heteroatoms. The van der Waals surface area contributed by atoms with E-state index in [0.717, 1.165) is 32.1 Å². The van der Waals surface area contributed by atoms with Gasteiger partial charge in [0, 0.05) is 13.2 Å². The van der Waals surface area contributed by atoms with Crippen LogP contribution in [0.3, 0.4) is 0 Å². The quantitative estimate of drug-likeness (QED) is 0.555. The van der Waals surface area contributed by atoms with Crippen LogP contribution >= 0.6 is 0 Å². The second kappa shape index (κ2) is 8.02. The van der Waals surface area contributed by atoms with Crippen molar-refractivity contribution in [2.75, 3.05) is 13.2 Å². The summed E-state index contributed by atoms with van der Waals surface area (Å²) in [7, 11) is 0. The van der Waals surface area contributed by atoms with E-state index in [1.54, 1.807) is 0 Å². The number of aliphatic hydroxyl groups excluding tert-OH is 2. The molecule has 0 radical (unpaired) electrons. The molecule has 0 bridgehead atoms. The van der Waals surface area contributed by atoms with Crippen molar-refractivity contribution in [1.82, 2.24) is 0 Å². The largest absolute Gasteiger partial charge is 0.396 e. The predicted octanol–water partition coefficient (Wildman–Crippen LogP) is 1.56. The molecule has 0 spiro atoms. The first kappa shape index (κ1) is 10.9. The van der Waals surface area contributed by atoms with E-state index in [9.17, 15) is 0 Å². The van der Waals surface area contributed by atoms with E-state index < -0.39 is 0 Å². The molecule has 0 aliphatic heterocycles. The third-order valence-electron chi connectivity index (χ3n) is 1.98. The molecule has 0 aromatic carbocycles. The maximum atomic E-state index is 8.89. The molecule has 2 N–H and O–H groups in total. The molecule has 0 aromatic rings. The van der Waals surface area contributed by atoms with Gasteiger partial charge in [0.1, 0.15) is 0 Å². The van der Waals surface area contributed by atoms with Gasteiger partial charge >= 0.3 is 0 Å². The summed E-state index contributed by atoms with van der Waals surface area (Å²) in [5, 5.41) is 17.4. The minimum absolute atomic E-state index is 0.282. The van der Waals surface area contributed by atoms with Crippen molar-refractivity contribution >= 4 is 0 Å². The third-order valence-corrected chi connectivity index (χ3v) is 1.98. The van der Waals surface area contributed by atoms with Crippen molar-refractivity contribution in [1.29, 1.82) is 0 Å². The average Bonchev–Trinajstić information content (AvgIpc) is 2.03. The summed E-state index contributed by atoms with van der Waals surface area (Å²) >= 11 is 0. The van der Waals surface area contributed by atoms with E-state index in [-0.39, 0.29) is 6.61 Å². The van der Waals surface area contributed by atoms with Crippen LogP contribution in [-0.4, -0.2) is 23.4 Å². The lowest BCUT2D eigenvalue weighted by molar-refractivity contribution is 0.201. The van der Waals surface area contributed by atoms with E-state index in [1.807, 2.05) is 0 Å². The third kappa shape index (κ3) is 6.32. The van der Waals surface area contributed by atoms with Gasteiger partial charge in [-0.25, -0.2) is 0 Å². The molecular formula is C9H20O2. The Balaban J connectivity index is 3.20. The van der Waals surface area contributed by atoms with Gasteiger partial charge < -0.3 is 10.2 Å². The predicted molar refractivity (Wildman–Crippen MR) is 46.4 cm³/mol. The van der Waals surface area contributed by atoms with Gasteiger partial charge in [0.05, 0.1) is 0 Å². The Morgan fingerprint density at radius 3 is 2.27 bits per heavy atom. The number of rotatable bonds is 7. The molecule has 2 nitrogen and oxygen atoms in total. The van der Waals surface area contributed by atoms with Gasteiger partial charge in [-0.05, 0) is 25.2 Å². The standard InChI is InChI=1S/C9H20O2/c1-2-5-9(8-11)6-3-4-7-10/h9-11H,2-8H2,1H3. The van der Waals surface area contributed by atoms with Crippen LogP contribution in [0.15, 0.2) is 0 Å². The Morgan fingerprint density at radius 1 is 1.09 bits per heavy atom. The van der Waals surface area contributed by atoms with E-state index >= 15 is 0 Å².